The largest absolute Gasteiger partial charge is 0.309 e. The number of hydrogen-bond donors (Lipinski definition) is 1. The topological polar surface area (TPSA) is 42.7 Å². The molecule has 1 aromatic carbocycles. The van der Waals surface area contributed by atoms with Gasteiger partial charge in [0.2, 0.25) is 0 Å². The molecule has 0 bridgehead atoms. The van der Waals surface area contributed by atoms with Crippen LogP contribution >= 0.6 is 11.6 Å². The van der Waals surface area contributed by atoms with Crippen molar-refractivity contribution in [2.24, 2.45) is 0 Å². The molecule has 108 valence electrons. The Labute approximate surface area is 125 Å². The minimum absolute atomic E-state index is 0.182. The first kappa shape index (κ1) is 15.0. The fraction of sp³-hybridized carbons (Fsp3) is 0.467. The van der Waals surface area contributed by atoms with Gasteiger partial charge < -0.3 is 5.32 Å². The van der Waals surface area contributed by atoms with Crippen molar-refractivity contribution in [2.75, 3.05) is 6.54 Å². The van der Waals surface area contributed by atoms with Crippen LogP contribution < -0.4 is 5.32 Å². The predicted molar refractivity (Wildman–Crippen MR) is 81.9 cm³/mol. The molecule has 1 N–H and O–H groups in total. The molecule has 0 saturated carbocycles. The zero-order valence-corrected chi connectivity index (χ0v) is 12.8. The normalized spacial score (nSPS) is 12.6. The lowest BCUT2D eigenvalue weighted by atomic mass is 10.0. The van der Waals surface area contributed by atoms with E-state index in [2.05, 4.69) is 35.5 Å². The SMILES string of the molecule is CCCn1nncc1C(Cc1ccccc1Cl)NCC. The molecule has 0 fully saturated rings. The summed E-state index contributed by atoms with van der Waals surface area (Å²) in [5.41, 5.74) is 2.26. The molecule has 1 atom stereocenters. The van der Waals surface area contributed by atoms with Gasteiger partial charge in [-0.15, -0.1) is 5.10 Å². The number of likely N-dealkylation sites (N-methyl/N-ethyl adjacent to an activating group) is 1. The summed E-state index contributed by atoms with van der Waals surface area (Å²) in [6.45, 7) is 6.03. The fourth-order valence-corrected chi connectivity index (χ4v) is 2.55. The van der Waals surface area contributed by atoms with Crippen LogP contribution in [0.2, 0.25) is 5.02 Å². The number of aryl methyl sites for hydroxylation is 1. The Hall–Kier alpha value is -1.39. The van der Waals surface area contributed by atoms with Crippen molar-refractivity contribution < 1.29 is 0 Å². The van der Waals surface area contributed by atoms with Gasteiger partial charge in [0, 0.05) is 11.6 Å². The first-order chi connectivity index (χ1) is 9.76. The van der Waals surface area contributed by atoms with Crippen molar-refractivity contribution >= 4 is 11.6 Å². The highest BCUT2D eigenvalue weighted by atomic mass is 35.5. The lowest BCUT2D eigenvalue weighted by Gasteiger charge is -2.19. The lowest BCUT2D eigenvalue weighted by Crippen LogP contribution is -2.26. The summed E-state index contributed by atoms with van der Waals surface area (Å²) in [5.74, 6) is 0. The summed E-state index contributed by atoms with van der Waals surface area (Å²) >= 11 is 6.26. The predicted octanol–water partition coefficient (Wildman–Crippen LogP) is 3.23. The molecule has 2 rings (SSSR count). The van der Waals surface area contributed by atoms with Crippen LogP contribution in [0, 0.1) is 0 Å². The van der Waals surface area contributed by atoms with Gasteiger partial charge in [-0.3, -0.25) is 0 Å². The van der Waals surface area contributed by atoms with Gasteiger partial charge >= 0.3 is 0 Å². The third-order valence-corrected chi connectivity index (χ3v) is 3.64. The van der Waals surface area contributed by atoms with Gasteiger partial charge in [0.05, 0.1) is 17.9 Å². The van der Waals surface area contributed by atoms with Crippen LogP contribution in [-0.4, -0.2) is 21.5 Å². The third-order valence-electron chi connectivity index (χ3n) is 3.27. The maximum atomic E-state index is 6.26. The number of halogens is 1. The van der Waals surface area contributed by atoms with Gasteiger partial charge in [0.1, 0.15) is 0 Å². The first-order valence-corrected chi connectivity index (χ1v) is 7.49. The van der Waals surface area contributed by atoms with E-state index in [1.807, 2.05) is 29.1 Å². The summed E-state index contributed by atoms with van der Waals surface area (Å²) in [7, 11) is 0. The molecular weight excluding hydrogens is 272 g/mol. The van der Waals surface area contributed by atoms with E-state index in [0.29, 0.717) is 0 Å². The minimum atomic E-state index is 0.182. The van der Waals surface area contributed by atoms with Crippen LogP contribution in [0.15, 0.2) is 30.5 Å². The Kier molecular flexibility index (Phi) is 5.56. The Morgan fingerprint density at radius 3 is 2.80 bits per heavy atom. The third kappa shape index (κ3) is 3.58. The van der Waals surface area contributed by atoms with E-state index in [1.54, 1.807) is 0 Å². The summed E-state index contributed by atoms with van der Waals surface area (Å²) < 4.78 is 1.98. The number of nitrogens with zero attached hydrogens (tertiary/aromatic N) is 3. The second kappa shape index (κ2) is 7.41. The Morgan fingerprint density at radius 2 is 2.10 bits per heavy atom. The summed E-state index contributed by atoms with van der Waals surface area (Å²) in [5, 5.41) is 12.5. The smallest absolute Gasteiger partial charge is 0.0759 e. The van der Waals surface area contributed by atoms with Gasteiger partial charge in [-0.1, -0.05) is 48.9 Å². The van der Waals surface area contributed by atoms with Crippen LogP contribution in [-0.2, 0) is 13.0 Å². The summed E-state index contributed by atoms with van der Waals surface area (Å²) in [6.07, 6.45) is 3.73. The molecular formula is C15H21ClN4. The molecule has 2 aromatic rings. The number of nitrogens with one attached hydrogen (secondary N) is 1. The monoisotopic (exact) mass is 292 g/mol. The molecule has 5 heteroatoms. The molecule has 0 amide bonds. The lowest BCUT2D eigenvalue weighted by molar-refractivity contribution is 0.474. The average Bonchev–Trinajstić information content (AvgIpc) is 2.89. The Bertz CT molecular complexity index is 538. The number of rotatable bonds is 7. The van der Waals surface area contributed by atoms with Crippen LogP contribution in [0.5, 0.6) is 0 Å². The van der Waals surface area contributed by atoms with Crippen molar-refractivity contribution in [3.63, 3.8) is 0 Å². The summed E-state index contributed by atoms with van der Waals surface area (Å²) in [4.78, 5) is 0. The molecule has 0 aliphatic heterocycles. The van der Waals surface area contributed by atoms with Crippen molar-refractivity contribution in [1.82, 2.24) is 20.3 Å². The first-order valence-electron chi connectivity index (χ1n) is 7.11. The summed E-state index contributed by atoms with van der Waals surface area (Å²) in [6, 6.07) is 8.16. The van der Waals surface area contributed by atoms with E-state index in [1.165, 1.54) is 0 Å². The molecule has 0 spiro atoms. The maximum Gasteiger partial charge on any atom is 0.0759 e. The molecule has 1 aromatic heterocycles. The average molecular weight is 293 g/mol. The van der Waals surface area contributed by atoms with Crippen LogP contribution in [0.4, 0.5) is 0 Å². The highest BCUT2D eigenvalue weighted by molar-refractivity contribution is 6.31. The van der Waals surface area contributed by atoms with E-state index in [-0.39, 0.29) is 6.04 Å². The number of benzene rings is 1. The fourth-order valence-electron chi connectivity index (χ4n) is 2.33. The van der Waals surface area contributed by atoms with E-state index >= 15 is 0 Å². The van der Waals surface area contributed by atoms with Gasteiger partial charge in [-0.05, 0) is 31.0 Å². The molecule has 0 aliphatic carbocycles. The van der Waals surface area contributed by atoms with Gasteiger partial charge in [-0.2, -0.15) is 0 Å². The number of aromatic nitrogens is 3. The highest BCUT2D eigenvalue weighted by Gasteiger charge is 2.17. The van der Waals surface area contributed by atoms with E-state index in [4.69, 9.17) is 11.6 Å². The quantitative estimate of drug-likeness (QED) is 0.852. The molecule has 1 unspecified atom stereocenters. The molecule has 4 nitrogen and oxygen atoms in total. The molecule has 1 heterocycles. The molecule has 0 radical (unpaired) electrons. The Balaban J connectivity index is 2.22. The highest BCUT2D eigenvalue weighted by Crippen LogP contribution is 2.23. The van der Waals surface area contributed by atoms with Crippen molar-refractivity contribution in [1.29, 1.82) is 0 Å². The van der Waals surface area contributed by atoms with Crippen LogP contribution in [0.25, 0.3) is 0 Å². The zero-order chi connectivity index (χ0) is 14.4. The van der Waals surface area contributed by atoms with Gasteiger partial charge in [0.25, 0.3) is 0 Å². The Morgan fingerprint density at radius 1 is 1.30 bits per heavy atom. The minimum Gasteiger partial charge on any atom is -0.309 e. The van der Waals surface area contributed by atoms with Gasteiger partial charge in [-0.25, -0.2) is 4.68 Å². The van der Waals surface area contributed by atoms with Crippen molar-refractivity contribution in [3.8, 4) is 0 Å². The van der Waals surface area contributed by atoms with Crippen LogP contribution in [0.1, 0.15) is 37.6 Å². The van der Waals surface area contributed by atoms with Gasteiger partial charge in [0.15, 0.2) is 0 Å². The number of hydrogen-bond acceptors (Lipinski definition) is 3. The van der Waals surface area contributed by atoms with E-state index in [0.717, 1.165) is 42.2 Å². The van der Waals surface area contributed by atoms with Crippen LogP contribution in [0.3, 0.4) is 0 Å². The van der Waals surface area contributed by atoms with Crippen molar-refractivity contribution in [3.05, 3.63) is 46.7 Å². The van der Waals surface area contributed by atoms with E-state index in [9.17, 15) is 0 Å². The maximum absolute atomic E-state index is 6.26. The zero-order valence-electron chi connectivity index (χ0n) is 12.0. The molecule has 0 saturated heterocycles. The standard InChI is InChI=1S/C15H21ClN4/c1-3-9-20-15(11-18-19-20)14(17-4-2)10-12-7-5-6-8-13(12)16/h5-8,11,14,17H,3-4,9-10H2,1-2H3. The second-order valence-corrected chi connectivity index (χ2v) is 5.20. The van der Waals surface area contributed by atoms with Crippen molar-refractivity contribution in [2.45, 2.75) is 39.3 Å². The van der Waals surface area contributed by atoms with E-state index < -0.39 is 0 Å². The molecule has 20 heavy (non-hydrogen) atoms. The molecule has 0 aliphatic rings. The second-order valence-electron chi connectivity index (χ2n) is 4.79.